The summed E-state index contributed by atoms with van der Waals surface area (Å²) >= 11 is 0. The van der Waals surface area contributed by atoms with Crippen LogP contribution in [0.3, 0.4) is 0 Å². The summed E-state index contributed by atoms with van der Waals surface area (Å²) in [5.74, 6) is 2.76. The molecule has 0 saturated heterocycles. The summed E-state index contributed by atoms with van der Waals surface area (Å²) < 4.78 is 0. The van der Waals surface area contributed by atoms with Gasteiger partial charge >= 0.3 is 0 Å². The third-order valence-corrected chi connectivity index (χ3v) is 4.15. The second kappa shape index (κ2) is 3.08. The maximum Gasteiger partial charge on any atom is 0.0441 e. The van der Waals surface area contributed by atoms with Crippen molar-refractivity contribution in [3.8, 4) is 0 Å². The van der Waals surface area contributed by atoms with Gasteiger partial charge in [0.15, 0.2) is 0 Å². The summed E-state index contributed by atoms with van der Waals surface area (Å²) in [6, 6.07) is 4.39. The van der Waals surface area contributed by atoms with E-state index in [1.54, 1.807) is 5.56 Å². The van der Waals surface area contributed by atoms with E-state index in [0.29, 0.717) is 0 Å². The molecule has 1 aromatic heterocycles. The standard InChI is InChI=1S/C13H17N/c1-2-9-6-10-8-13-11(12(10)7-9)4-3-5-14-13/h3-5,9-10,12H,2,6-8H2,1H3/t9-,10-,12-/m1/s1. The van der Waals surface area contributed by atoms with E-state index in [1.807, 2.05) is 6.20 Å². The Morgan fingerprint density at radius 3 is 3.21 bits per heavy atom. The fourth-order valence-electron chi connectivity index (χ4n) is 3.39. The van der Waals surface area contributed by atoms with E-state index in [0.717, 1.165) is 17.8 Å². The molecule has 1 saturated carbocycles. The molecule has 0 amide bonds. The van der Waals surface area contributed by atoms with Crippen LogP contribution in [0.25, 0.3) is 0 Å². The Morgan fingerprint density at radius 2 is 2.36 bits per heavy atom. The van der Waals surface area contributed by atoms with E-state index in [-0.39, 0.29) is 0 Å². The highest BCUT2D eigenvalue weighted by molar-refractivity contribution is 5.32. The van der Waals surface area contributed by atoms with E-state index in [9.17, 15) is 0 Å². The van der Waals surface area contributed by atoms with Gasteiger partial charge in [-0.1, -0.05) is 19.4 Å². The third kappa shape index (κ3) is 1.11. The minimum Gasteiger partial charge on any atom is -0.261 e. The number of pyridine rings is 1. The molecular formula is C13H17N. The van der Waals surface area contributed by atoms with Gasteiger partial charge in [-0.25, -0.2) is 0 Å². The van der Waals surface area contributed by atoms with E-state index >= 15 is 0 Å². The van der Waals surface area contributed by atoms with Crippen molar-refractivity contribution in [1.82, 2.24) is 4.98 Å². The largest absolute Gasteiger partial charge is 0.261 e. The predicted octanol–water partition coefficient (Wildman–Crippen LogP) is 3.16. The average molecular weight is 187 g/mol. The van der Waals surface area contributed by atoms with E-state index in [2.05, 4.69) is 24.0 Å². The molecular weight excluding hydrogens is 170 g/mol. The number of hydrogen-bond donors (Lipinski definition) is 0. The molecule has 1 heteroatoms. The zero-order valence-corrected chi connectivity index (χ0v) is 8.74. The molecule has 3 rings (SSSR count). The smallest absolute Gasteiger partial charge is 0.0441 e. The summed E-state index contributed by atoms with van der Waals surface area (Å²) in [6.07, 6.45) is 7.41. The number of rotatable bonds is 1. The van der Waals surface area contributed by atoms with Crippen LogP contribution in [0.5, 0.6) is 0 Å². The lowest BCUT2D eigenvalue weighted by molar-refractivity contribution is 0.480. The molecule has 0 N–H and O–H groups in total. The van der Waals surface area contributed by atoms with Gasteiger partial charge in [-0.05, 0) is 48.6 Å². The number of aromatic nitrogens is 1. The highest BCUT2D eigenvalue weighted by Crippen LogP contribution is 2.50. The summed E-state index contributed by atoms with van der Waals surface area (Å²) in [7, 11) is 0. The van der Waals surface area contributed by atoms with Gasteiger partial charge in [0.25, 0.3) is 0 Å². The molecule has 1 nitrogen and oxygen atoms in total. The zero-order chi connectivity index (χ0) is 9.54. The molecule has 3 atom stereocenters. The second-order valence-corrected chi connectivity index (χ2v) is 4.86. The van der Waals surface area contributed by atoms with Crippen LogP contribution in [-0.4, -0.2) is 4.98 Å². The topological polar surface area (TPSA) is 12.9 Å². The van der Waals surface area contributed by atoms with Crippen LogP contribution in [0.15, 0.2) is 18.3 Å². The first-order valence-electron chi connectivity index (χ1n) is 5.82. The van der Waals surface area contributed by atoms with Crippen LogP contribution in [-0.2, 0) is 6.42 Å². The lowest BCUT2D eigenvalue weighted by atomic mass is 9.96. The number of hydrogen-bond acceptors (Lipinski definition) is 1. The molecule has 0 unspecified atom stereocenters. The Kier molecular flexibility index (Phi) is 1.86. The fourth-order valence-corrected chi connectivity index (χ4v) is 3.39. The lowest BCUT2D eigenvalue weighted by Gasteiger charge is -2.08. The van der Waals surface area contributed by atoms with Gasteiger partial charge in [0.2, 0.25) is 0 Å². The molecule has 14 heavy (non-hydrogen) atoms. The summed E-state index contributed by atoms with van der Waals surface area (Å²) in [5.41, 5.74) is 2.95. The maximum absolute atomic E-state index is 4.49. The summed E-state index contributed by atoms with van der Waals surface area (Å²) in [4.78, 5) is 4.49. The minimum atomic E-state index is 0.851. The molecule has 0 bridgehead atoms. The highest BCUT2D eigenvalue weighted by Gasteiger charge is 2.40. The number of fused-ring (bicyclic) bond motifs is 3. The summed E-state index contributed by atoms with van der Waals surface area (Å²) in [5, 5.41) is 0. The predicted molar refractivity (Wildman–Crippen MR) is 57.2 cm³/mol. The van der Waals surface area contributed by atoms with E-state index in [1.165, 1.54) is 31.4 Å². The Bertz CT molecular complexity index is 345. The van der Waals surface area contributed by atoms with Gasteiger partial charge in [0.1, 0.15) is 0 Å². The molecule has 0 radical (unpaired) electrons. The van der Waals surface area contributed by atoms with E-state index in [4.69, 9.17) is 0 Å². The number of nitrogens with zero attached hydrogens (tertiary/aromatic N) is 1. The van der Waals surface area contributed by atoms with Crippen LogP contribution in [0, 0.1) is 11.8 Å². The van der Waals surface area contributed by atoms with Crippen molar-refractivity contribution in [1.29, 1.82) is 0 Å². The quantitative estimate of drug-likeness (QED) is 0.658. The van der Waals surface area contributed by atoms with E-state index < -0.39 is 0 Å². The SMILES string of the molecule is CC[C@@H]1C[C@@H]2Cc3ncccc3[C@@H]2C1. The highest BCUT2D eigenvalue weighted by atomic mass is 14.7. The molecule has 1 aromatic rings. The Hall–Kier alpha value is -0.850. The monoisotopic (exact) mass is 187 g/mol. The zero-order valence-electron chi connectivity index (χ0n) is 8.74. The van der Waals surface area contributed by atoms with Crippen LogP contribution in [0.4, 0.5) is 0 Å². The molecule has 2 aliphatic carbocycles. The van der Waals surface area contributed by atoms with Crippen molar-refractivity contribution in [2.24, 2.45) is 11.8 Å². The van der Waals surface area contributed by atoms with Crippen LogP contribution in [0.1, 0.15) is 43.4 Å². The third-order valence-electron chi connectivity index (χ3n) is 4.15. The fraction of sp³-hybridized carbons (Fsp3) is 0.615. The molecule has 2 aliphatic rings. The first-order valence-corrected chi connectivity index (χ1v) is 5.82. The van der Waals surface area contributed by atoms with Crippen molar-refractivity contribution in [2.45, 2.75) is 38.5 Å². The Morgan fingerprint density at radius 1 is 1.43 bits per heavy atom. The van der Waals surface area contributed by atoms with Crippen LogP contribution in [0.2, 0.25) is 0 Å². The second-order valence-electron chi connectivity index (χ2n) is 4.86. The molecule has 1 heterocycles. The van der Waals surface area contributed by atoms with Crippen molar-refractivity contribution in [2.75, 3.05) is 0 Å². The molecule has 74 valence electrons. The molecule has 1 fully saturated rings. The van der Waals surface area contributed by atoms with Crippen LogP contribution >= 0.6 is 0 Å². The molecule has 0 aliphatic heterocycles. The van der Waals surface area contributed by atoms with Gasteiger partial charge in [0.05, 0.1) is 0 Å². The minimum absolute atomic E-state index is 0.851. The normalized spacial score (nSPS) is 34.2. The van der Waals surface area contributed by atoms with Gasteiger partial charge in [0, 0.05) is 11.9 Å². The summed E-state index contributed by atoms with van der Waals surface area (Å²) in [6.45, 7) is 2.33. The van der Waals surface area contributed by atoms with Gasteiger partial charge in [-0.2, -0.15) is 0 Å². The first-order chi connectivity index (χ1) is 6.88. The average Bonchev–Trinajstić information content (AvgIpc) is 2.73. The van der Waals surface area contributed by atoms with Gasteiger partial charge < -0.3 is 0 Å². The first kappa shape index (κ1) is 8.46. The lowest BCUT2D eigenvalue weighted by Crippen LogP contribution is -1.97. The van der Waals surface area contributed by atoms with Crippen LogP contribution < -0.4 is 0 Å². The van der Waals surface area contributed by atoms with Gasteiger partial charge in [-0.3, -0.25) is 4.98 Å². The molecule has 0 spiro atoms. The Balaban J connectivity index is 1.92. The maximum atomic E-state index is 4.49. The van der Waals surface area contributed by atoms with Crippen molar-refractivity contribution in [3.63, 3.8) is 0 Å². The van der Waals surface area contributed by atoms with Gasteiger partial charge in [-0.15, -0.1) is 0 Å². The molecule has 0 aromatic carbocycles. The van der Waals surface area contributed by atoms with Crippen molar-refractivity contribution < 1.29 is 0 Å². The van der Waals surface area contributed by atoms with Crippen molar-refractivity contribution >= 4 is 0 Å². The van der Waals surface area contributed by atoms with Crippen molar-refractivity contribution in [3.05, 3.63) is 29.6 Å². The Labute approximate surface area is 85.6 Å².